The SMILES string of the molecule is CC(=O)N[C@H]1C([C@@H](O)[C@@H](O)Cn2cc(OCc3ccccc3)nn2)OC(C(=O)O)=C[C@@H]1O. The highest BCUT2D eigenvalue weighted by Gasteiger charge is 2.43. The fraction of sp³-hybridized carbons (Fsp3) is 0.400. The number of aliphatic carboxylic acids is 1. The summed E-state index contributed by atoms with van der Waals surface area (Å²) in [6, 6.07) is 8.21. The van der Waals surface area contributed by atoms with Crippen molar-refractivity contribution in [1.29, 1.82) is 0 Å². The van der Waals surface area contributed by atoms with Crippen LogP contribution in [0.25, 0.3) is 0 Å². The standard InChI is InChI=1S/C20H24N4O8/c1-11(25)21-17-13(26)7-15(20(29)30)32-19(17)18(28)14(27)8-24-9-16(22-23-24)31-10-12-5-3-2-4-6-12/h2-7,9,13-14,17-19,26-28H,8,10H2,1H3,(H,21,25)(H,29,30)/t13-,14-,17+,18-,19?/m0/s1. The lowest BCUT2D eigenvalue weighted by Crippen LogP contribution is -2.59. The first kappa shape index (κ1) is 23.2. The zero-order valence-corrected chi connectivity index (χ0v) is 17.1. The highest BCUT2D eigenvalue weighted by Crippen LogP contribution is 2.23. The lowest BCUT2D eigenvalue weighted by atomic mass is 9.93. The number of nitrogens with zero attached hydrogens (tertiary/aromatic N) is 3. The number of rotatable bonds is 9. The van der Waals surface area contributed by atoms with Crippen molar-refractivity contribution in [2.75, 3.05) is 0 Å². The molecule has 1 aliphatic rings. The van der Waals surface area contributed by atoms with E-state index in [-0.39, 0.29) is 19.0 Å². The van der Waals surface area contributed by atoms with Crippen LogP contribution in [0.15, 0.2) is 48.4 Å². The van der Waals surface area contributed by atoms with E-state index in [1.165, 1.54) is 17.8 Å². The monoisotopic (exact) mass is 448 g/mol. The molecule has 5 N–H and O–H groups in total. The first-order valence-corrected chi connectivity index (χ1v) is 9.74. The first-order chi connectivity index (χ1) is 15.2. The van der Waals surface area contributed by atoms with Gasteiger partial charge in [-0.3, -0.25) is 4.79 Å². The van der Waals surface area contributed by atoms with Crippen LogP contribution in [0.5, 0.6) is 5.88 Å². The summed E-state index contributed by atoms with van der Waals surface area (Å²) in [4.78, 5) is 22.7. The molecule has 172 valence electrons. The van der Waals surface area contributed by atoms with Gasteiger partial charge in [0.2, 0.25) is 11.7 Å². The zero-order valence-electron chi connectivity index (χ0n) is 17.1. The second-order valence-corrected chi connectivity index (χ2v) is 7.25. The van der Waals surface area contributed by atoms with E-state index < -0.39 is 48.1 Å². The number of carbonyl (C=O) groups is 2. The predicted octanol–water partition coefficient (Wildman–Crippen LogP) is -1.19. The topological polar surface area (TPSA) is 176 Å². The number of carbonyl (C=O) groups excluding carboxylic acids is 1. The molecule has 0 aliphatic carbocycles. The van der Waals surface area contributed by atoms with Gasteiger partial charge in [-0.1, -0.05) is 40.6 Å². The van der Waals surface area contributed by atoms with Gasteiger partial charge < -0.3 is 35.2 Å². The van der Waals surface area contributed by atoms with Crippen molar-refractivity contribution in [3.05, 3.63) is 53.9 Å². The molecule has 2 aromatic rings. The molecular weight excluding hydrogens is 424 g/mol. The Balaban J connectivity index is 1.65. The average Bonchev–Trinajstić information content (AvgIpc) is 3.20. The number of nitrogens with one attached hydrogen (secondary N) is 1. The van der Waals surface area contributed by atoms with Crippen LogP contribution in [-0.4, -0.2) is 77.8 Å². The van der Waals surface area contributed by atoms with Crippen LogP contribution in [0, 0.1) is 0 Å². The smallest absolute Gasteiger partial charge is 0.370 e. The maximum Gasteiger partial charge on any atom is 0.370 e. The van der Waals surface area contributed by atoms with Crippen molar-refractivity contribution in [3.63, 3.8) is 0 Å². The summed E-state index contributed by atoms with van der Waals surface area (Å²) in [6.45, 7) is 1.22. The summed E-state index contributed by atoms with van der Waals surface area (Å²) < 4.78 is 12.0. The molecule has 12 heteroatoms. The minimum Gasteiger partial charge on any atom is -0.478 e. The van der Waals surface area contributed by atoms with Crippen molar-refractivity contribution < 1.29 is 39.5 Å². The van der Waals surface area contributed by atoms with E-state index in [0.29, 0.717) is 0 Å². The van der Waals surface area contributed by atoms with Crippen LogP contribution in [0.2, 0.25) is 0 Å². The summed E-state index contributed by atoms with van der Waals surface area (Å²) in [5.74, 6) is -2.40. The Labute approximate surface area is 182 Å². The van der Waals surface area contributed by atoms with Gasteiger partial charge in [0.05, 0.1) is 18.8 Å². The molecule has 1 aliphatic heterocycles. The Bertz CT molecular complexity index is 964. The molecule has 0 saturated carbocycles. The van der Waals surface area contributed by atoms with E-state index in [4.69, 9.17) is 14.6 Å². The Morgan fingerprint density at radius 1 is 1.28 bits per heavy atom. The number of carboxylic acids is 1. The predicted molar refractivity (Wildman–Crippen MR) is 107 cm³/mol. The number of aromatic nitrogens is 3. The Morgan fingerprint density at radius 3 is 2.66 bits per heavy atom. The van der Waals surface area contributed by atoms with E-state index in [0.717, 1.165) is 11.6 Å². The third-order valence-electron chi connectivity index (χ3n) is 4.74. The average molecular weight is 448 g/mol. The van der Waals surface area contributed by atoms with Gasteiger partial charge in [-0.05, 0) is 11.6 Å². The first-order valence-electron chi connectivity index (χ1n) is 9.74. The number of benzene rings is 1. The normalized spacial score (nSPS) is 22.2. The quantitative estimate of drug-likeness (QED) is 0.313. The molecule has 3 rings (SSSR count). The van der Waals surface area contributed by atoms with Gasteiger partial charge in [-0.15, -0.1) is 0 Å². The van der Waals surface area contributed by atoms with Crippen molar-refractivity contribution in [3.8, 4) is 5.88 Å². The van der Waals surface area contributed by atoms with Crippen molar-refractivity contribution in [2.45, 2.75) is 50.5 Å². The summed E-state index contributed by atoms with van der Waals surface area (Å²) >= 11 is 0. The molecule has 1 aromatic heterocycles. The molecule has 12 nitrogen and oxygen atoms in total. The molecule has 0 spiro atoms. The molecule has 32 heavy (non-hydrogen) atoms. The fourth-order valence-corrected chi connectivity index (χ4v) is 3.20. The van der Waals surface area contributed by atoms with Gasteiger partial charge in [-0.2, -0.15) is 0 Å². The summed E-state index contributed by atoms with van der Waals surface area (Å²) in [5, 5.41) is 50.5. The minimum absolute atomic E-state index is 0.201. The van der Waals surface area contributed by atoms with E-state index in [9.17, 15) is 24.9 Å². The highest BCUT2D eigenvalue weighted by molar-refractivity contribution is 5.84. The summed E-state index contributed by atoms with van der Waals surface area (Å²) in [5.41, 5.74) is 0.928. The van der Waals surface area contributed by atoms with Crippen LogP contribution in [0.3, 0.4) is 0 Å². The van der Waals surface area contributed by atoms with Crippen LogP contribution in [0.4, 0.5) is 0 Å². The molecule has 2 heterocycles. The summed E-state index contributed by atoms with van der Waals surface area (Å²) in [6.07, 6.45) is -3.73. The Hall–Kier alpha value is -3.48. The van der Waals surface area contributed by atoms with Gasteiger partial charge in [0.1, 0.15) is 24.9 Å². The molecule has 0 fully saturated rings. The lowest BCUT2D eigenvalue weighted by Gasteiger charge is -2.38. The van der Waals surface area contributed by atoms with Crippen molar-refractivity contribution >= 4 is 11.9 Å². The maximum absolute atomic E-state index is 11.5. The van der Waals surface area contributed by atoms with Crippen LogP contribution in [0.1, 0.15) is 12.5 Å². The number of hydrogen-bond acceptors (Lipinski definition) is 9. The van der Waals surface area contributed by atoms with Gasteiger partial charge in [0.15, 0.2) is 6.10 Å². The number of aliphatic hydroxyl groups is 3. The minimum atomic E-state index is -1.68. The third-order valence-corrected chi connectivity index (χ3v) is 4.74. The van der Waals surface area contributed by atoms with Gasteiger partial charge in [0, 0.05) is 6.92 Å². The van der Waals surface area contributed by atoms with Gasteiger partial charge >= 0.3 is 5.97 Å². The van der Waals surface area contributed by atoms with Crippen LogP contribution >= 0.6 is 0 Å². The Morgan fingerprint density at radius 2 is 2.00 bits per heavy atom. The summed E-state index contributed by atoms with van der Waals surface area (Å²) in [7, 11) is 0. The van der Waals surface area contributed by atoms with E-state index >= 15 is 0 Å². The fourth-order valence-electron chi connectivity index (χ4n) is 3.20. The molecule has 0 radical (unpaired) electrons. The van der Waals surface area contributed by atoms with Gasteiger partial charge in [-0.25, -0.2) is 9.48 Å². The number of aliphatic hydroxyl groups excluding tert-OH is 3. The molecule has 1 amide bonds. The van der Waals surface area contributed by atoms with E-state index in [1.54, 1.807) is 0 Å². The van der Waals surface area contributed by atoms with Gasteiger partial charge in [0.25, 0.3) is 5.88 Å². The van der Waals surface area contributed by atoms with E-state index in [2.05, 4.69) is 15.6 Å². The number of amides is 1. The molecule has 1 unspecified atom stereocenters. The number of hydrogen-bond donors (Lipinski definition) is 5. The second-order valence-electron chi connectivity index (χ2n) is 7.25. The maximum atomic E-state index is 11.5. The molecule has 0 saturated heterocycles. The third kappa shape index (κ3) is 5.81. The highest BCUT2D eigenvalue weighted by atomic mass is 16.5. The number of carboxylic acid groups (broad SMARTS) is 1. The van der Waals surface area contributed by atoms with Crippen molar-refractivity contribution in [2.24, 2.45) is 0 Å². The van der Waals surface area contributed by atoms with Crippen LogP contribution < -0.4 is 10.1 Å². The second kappa shape index (κ2) is 10.2. The molecule has 0 bridgehead atoms. The lowest BCUT2D eigenvalue weighted by molar-refractivity contribution is -0.148. The van der Waals surface area contributed by atoms with E-state index in [1.807, 2.05) is 30.3 Å². The zero-order chi connectivity index (χ0) is 23.3. The van der Waals surface area contributed by atoms with Crippen molar-refractivity contribution in [1.82, 2.24) is 20.3 Å². The molecular formula is C20H24N4O8. The Kier molecular flexibility index (Phi) is 7.41. The number of ether oxygens (including phenoxy) is 2. The van der Waals surface area contributed by atoms with Crippen LogP contribution in [-0.2, 0) is 27.5 Å². The molecule has 1 aromatic carbocycles. The molecule has 5 atom stereocenters. The largest absolute Gasteiger partial charge is 0.478 e.